The molecule has 1 aromatic heterocycles. The van der Waals surface area contributed by atoms with Gasteiger partial charge in [0.1, 0.15) is 5.56 Å². The largest absolute Gasteiger partial charge is 0.454 e. The third-order valence-corrected chi connectivity index (χ3v) is 3.54. The molecule has 6 nitrogen and oxygen atoms in total. The van der Waals surface area contributed by atoms with Gasteiger partial charge in [-0.1, -0.05) is 6.07 Å². The van der Waals surface area contributed by atoms with E-state index in [0.717, 1.165) is 5.56 Å². The summed E-state index contributed by atoms with van der Waals surface area (Å²) in [7, 11) is 0. The predicted molar refractivity (Wildman–Crippen MR) is 80.2 cm³/mol. The van der Waals surface area contributed by atoms with Gasteiger partial charge in [-0.15, -0.1) is 0 Å². The summed E-state index contributed by atoms with van der Waals surface area (Å²) in [5.74, 6) is 0.940. The first kappa shape index (κ1) is 14.2. The van der Waals surface area contributed by atoms with E-state index in [1.165, 1.54) is 6.07 Å². The number of H-pyrrole nitrogens is 1. The van der Waals surface area contributed by atoms with Gasteiger partial charge in [-0.25, -0.2) is 0 Å². The van der Waals surface area contributed by atoms with Crippen molar-refractivity contribution in [3.8, 4) is 11.5 Å². The Morgan fingerprint density at radius 2 is 2.00 bits per heavy atom. The molecule has 1 aliphatic rings. The van der Waals surface area contributed by atoms with E-state index in [4.69, 9.17) is 9.47 Å². The molecule has 1 atom stereocenters. The highest BCUT2D eigenvalue weighted by Crippen LogP contribution is 2.34. The van der Waals surface area contributed by atoms with Crippen LogP contribution in [0.3, 0.4) is 0 Å². The summed E-state index contributed by atoms with van der Waals surface area (Å²) in [5.41, 5.74) is 1.29. The summed E-state index contributed by atoms with van der Waals surface area (Å²) in [6.45, 7) is 3.81. The molecule has 3 rings (SSSR count). The Morgan fingerprint density at radius 3 is 2.77 bits per heavy atom. The van der Waals surface area contributed by atoms with Crippen LogP contribution in [0.5, 0.6) is 11.5 Å². The molecule has 0 bridgehead atoms. The third kappa shape index (κ3) is 2.67. The number of aryl methyl sites for hydroxylation is 1. The van der Waals surface area contributed by atoms with Crippen LogP contribution in [0.1, 0.15) is 34.6 Å². The number of aromatic nitrogens is 1. The van der Waals surface area contributed by atoms with Crippen molar-refractivity contribution in [2.75, 3.05) is 6.79 Å². The van der Waals surface area contributed by atoms with Crippen LogP contribution in [0.2, 0.25) is 0 Å². The third-order valence-electron chi connectivity index (χ3n) is 3.54. The smallest absolute Gasteiger partial charge is 0.260 e. The molecule has 0 spiro atoms. The van der Waals surface area contributed by atoms with Crippen LogP contribution in [0.25, 0.3) is 0 Å². The van der Waals surface area contributed by atoms with Gasteiger partial charge in [-0.2, -0.15) is 0 Å². The van der Waals surface area contributed by atoms with Crippen molar-refractivity contribution in [1.29, 1.82) is 0 Å². The predicted octanol–water partition coefficient (Wildman–Crippen LogP) is 1.90. The van der Waals surface area contributed by atoms with Crippen LogP contribution < -0.4 is 20.3 Å². The van der Waals surface area contributed by atoms with E-state index in [1.54, 1.807) is 19.1 Å². The van der Waals surface area contributed by atoms with E-state index in [9.17, 15) is 9.59 Å². The lowest BCUT2D eigenvalue weighted by Gasteiger charge is -2.14. The number of pyridine rings is 1. The second-order valence-corrected chi connectivity index (χ2v) is 5.19. The molecule has 0 saturated carbocycles. The van der Waals surface area contributed by atoms with E-state index >= 15 is 0 Å². The molecule has 1 amide bonds. The van der Waals surface area contributed by atoms with Crippen LogP contribution in [-0.4, -0.2) is 17.7 Å². The second-order valence-electron chi connectivity index (χ2n) is 5.19. The molecule has 0 aliphatic carbocycles. The summed E-state index contributed by atoms with van der Waals surface area (Å²) in [5, 5.41) is 2.81. The maximum absolute atomic E-state index is 12.2. The summed E-state index contributed by atoms with van der Waals surface area (Å²) < 4.78 is 10.6. The molecule has 1 unspecified atom stereocenters. The number of benzene rings is 1. The molecule has 22 heavy (non-hydrogen) atoms. The highest BCUT2D eigenvalue weighted by molar-refractivity contribution is 5.94. The lowest BCUT2D eigenvalue weighted by atomic mass is 10.1. The fraction of sp³-hybridized carbons (Fsp3) is 0.250. The number of fused-ring (bicyclic) bond motifs is 1. The van der Waals surface area contributed by atoms with Gasteiger partial charge in [0, 0.05) is 5.69 Å². The number of hydrogen-bond donors (Lipinski definition) is 2. The number of carbonyl (C=O) groups is 1. The normalized spacial score (nSPS) is 13.7. The minimum Gasteiger partial charge on any atom is -0.454 e. The topological polar surface area (TPSA) is 80.4 Å². The van der Waals surface area contributed by atoms with Crippen molar-refractivity contribution in [3.63, 3.8) is 0 Å². The Kier molecular flexibility index (Phi) is 3.58. The molecule has 114 valence electrons. The number of ether oxygens (including phenoxy) is 2. The first-order valence-electron chi connectivity index (χ1n) is 6.95. The van der Waals surface area contributed by atoms with Gasteiger partial charge in [0.05, 0.1) is 6.04 Å². The van der Waals surface area contributed by atoms with Gasteiger partial charge in [0.2, 0.25) is 6.79 Å². The number of carbonyl (C=O) groups excluding carboxylic acids is 1. The van der Waals surface area contributed by atoms with Gasteiger partial charge in [-0.3, -0.25) is 9.59 Å². The van der Waals surface area contributed by atoms with Gasteiger partial charge >= 0.3 is 0 Å². The number of hydrogen-bond acceptors (Lipinski definition) is 4. The Balaban J connectivity index is 1.77. The molecular formula is C16H16N2O4. The van der Waals surface area contributed by atoms with E-state index in [-0.39, 0.29) is 18.4 Å². The quantitative estimate of drug-likeness (QED) is 0.907. The maximum atomic E-state index is 12.2. The minimum atomic E-state index is -0.411. The molecule has 1 aliphatic heterocycles. The number of amides is 1. The van der Waals surface area contributed by atoms with Gasteiger partial charge < -0.3 is 19.8 Å². The average Bonchev–Trinajstić information content (AvgIpc) is 2.94. The maximum Gasteiger partial charge on any atom is 0.260 e. The number of rotatable bonds is 3. The van der Waals surface area contributed by atoms with E-state index in [2.05, 4.69) is 10.3 Å². The van der Waals surface area contributed by atoms with Crippen molar-refractivity contribution in [1.82, 2.24) is 10.3 Å². The van der Waals surface area contributed by atoms with Gasteiger partial charge in [-0.05, 0) is 43.7 Å². The molecule has 6 heteroatoms. The first-order valence-corrected chi connectivity index (χ1v) is 6.95. The Bertz CT molecular complexity index is 782. The van der Waals surface area contributed by atoms with E-state index < -0.39 is 11.5 Å². The molecule has 1 aromatic carbocycles. The minimum absolute atomic E-state index is 0.0955. The zero-order valence-corrected chi connectivity index (χ0v) is 12.3. The highest BCUT2D eigenvalue weighted by Gasteiger charge is 2.18. The number of nitrogens with one attached hydrogen (secondary N) is 2. The van der Waals surface area contributed by atoms with Crippen LogP contribution >= 0.6 is 0 Å². The Hall–Kier alpha value is -2.76. The molecule has 0 saturated heterocycles. The standard InChI is InChI=1S/C16H16N2O4/c1-9-3-5-12(15(19)17-9)16(20)18-10(2)11-4-6-13-14(7-11)22-8-21-13/h3-7,10H,8H2,1-2H3,(H,17,19)(H,18,20). The monoisotopic (exact) mass is 300 g/mol. The summed E-state index contributed by atoms with van der Waals surface area (Å²) in [4.78, 5) is 26.6. The molecular weight excluding hydrogens is 284 g/mol. The summed E-state index contributed by atoms with van der Waals surface area (Å²) >= 11 is 0. The molecule has 0 radical (unpaired) electrons. The van der Waals surface area contributed by atoms with Crippen molar-refractivity contribution < 1.29 is 14.3 Å². The van der Waals surface area contributed by atoms with Gasteiger partial charge in [0.15, 0.2) is 11.5 Å². The van der Waals surface area contributed by atoms with Crippen molar-refractivity contribution in [3.05, 3.63) is 57.5 Å². The van der Waals surface area contributed by atoms with Crippen LogP contribution in [0, 0.1) is 6.92 Å². The Morgan fingerprint density at radius 1 is 1.23 bits per heavy atom. The molecule has 2 heterocycles. The van der Waals surface area contributed by atoms with Crippen molar-refractivity contribution in [2.45, 2.75) is 19.9 Å². The molecule has 2 aromatic rings. The van der Waals surface area contributed by atoms with E-state index in [0.29, 0.717) is 17.2 Å². The lowest BCUT2D eigenvalue weighted by Crippen LogP contribution is -2.31. The van der Waals surface area contributed by atoms with Crippen LogP contribution in [0.15, 0.2) is 35.1 Å². The van der Waals surface area contributed by atoms with E-state index in [1.807, 2.05) is 19.1 Å². The van der Waals surface area contributed by atoms with Crippen molar-refractivity contribution >= 4 is 5.91 Å². The lowest BCUT2D eigenvalue weighted by molar-refractivity contribution is 0.0938. The molecule has 0 fully saturated rings. The Labute approximate surface area is 127 Å². The van der Waals surface area contributed by atoms with Gasteiger partial charge in [0.25, 0.3) is 11.5 Å². The summed E-state index contributed by atoms with van der Waals surface area (Å²) in [6, 6.07) is 8.45. The second kappa shape index (κ2) is 5.55. The zero-order chi connectivity index (χ0) is 15.7. The average molecular weight is 300 g/mol. The highest BCUT2D eigenvalue weighted by atomic mass is 16.7. The molecule has 2 N–H and O–H groups in total. The van der Waals surface area contributed by atoms with Crippen LogP contribution in [0.4, 0.5) is 0 Å². The number of aromatic amines is 1. The fourth-order valence-corrected chi connectivity index (χ4v) is 2.29. The summed E-state index contributed by atoms with van der Waals surface area (Å²) in [6.07, 6.45) is 0. The van der Waals surface area contributed by atoms with Crippen LogP contribution in [-0.2, 0) is 0 Å². The first-order chi connectivity index (χ1) is 10.5. The SMILES string of the molecule is Cc1ccc(C(=O)NC(C)c2ccc3c(c2)OCO3)c(=O)[nH]1. The fourth-order valence-electron chi connectivity index (χ4n) is 2.29. The van der Waals surface area contributed by atoms with Crippen molar-refractivity contribution in [2.24, 2.45) is 0 Å². The zero-order valence-electron chi connectivity index (χ0n) is 12.3.